The van der Waals surface area contributed by atoms with Crippen LogP contribution in [0.2, 0.25) is 0 Å². The third kappa shape index (κ3) is 2.53. The number of nitrogens with one attached hydrogen (secondary N) is 2. The van der Waals surface area contributed by atoms with Crippen molar-refractivity contribution in [1.82, 2.24) is 24.6 Å². The molecule has 0 radical (unpaired) electrons. The molecule has 0 bridgehead atoms. The van der Waals surface area contributed by atoms with Crippen molar-refractivity contribution in [2.24, 2.45) is 0 Å². The van der Waals surface area contributed by atoms with Crippen molar-refractivity contribution in [3.8, 4) is 0 Å². The Morgan fingerprint density at radius 3 is 2.54 bits per heavy atom. The number of nitrogens with zero attached hydrogens (tertiary/aromatic N) is 5. The first-order valence-corrected chi connectivity index (χ1v) is 7.75. The van der Waals surface area contributed by atoms with E-state index in [2.05, 4.69) is 25.0 Å². The summed E-state index contributed by atoms with van der Waals surface area (Å²) in [6, 6.07) is 3.43. The summed E-state index contributed by atoms with van der Waals surface area (Å²) in [5.41, 5.74) is 1.05. The molecule has 1 fully saturated rings. The Bertz CT molecular complexity index is 966. The van der Waals surface area contributed by atoms with Crippen molar-refractivity contribution in [2.75, 3.05) is 36.0 Å². The minimum Gasteiger partial charge on any atom is -0.354 e. The van der Waals surface area contributed by atoms with Gasteiger partial charge in [-0.15, -0.1) is 0 Å². The zero-order valence-electron chi connectivity index (χ0n) is 13.2. The van der Waals surface area contributed by atoms with Gasteiger partial charge in [-0.3, -0.25) is 14.8 Å². The highest BCUT2D eigenvalue weighted by atomic mass is 16.2. The van der Waals surface area contributed by atoms with E-state index >= 15 is 0 Å². The first-order valence-electron chi connectivity index (χ1n) is 7.75. The number of piperazine rings is 1. The second-order valence-electron chi connectivity index (χ2n) is 5.81. The molecule has 2 N–H and O–H groups in total. The van der Waals surface area contributed by atoms with E-state index in [0.29, 0.717) is 18.9 Å². The maximum Gasteiger partial charge on any atom is 0.327 e. The minimum absolute atomic E-state index is 0.391. The van der Waals surface area contributed by atoms with Crippen LogP contribution in [0, 0.1) is 6.92 Å². The predicted molar refractivity (Wildman–Crippen MR) is 89.8 cm³/mol. The van der Waals surface area contributed by atoms with E-state index in [-0.39, 0.29) is 0 Å². The minimum atomic E-state index is -0.485. The van der Waals surface area contributed by atoms with Gasteiger partial charge >= 0.3 is 5.69 Å². The summed E-state index contributed by atoms with van der Waals surface area (Å²) in [6.45, 7) is 4.82. The van der Waals surface area contributed by atoms with Crippen LogP contribution >= 0.6 is 0 Å². The van der Waals surface area contributed by atoms with Crippen LogP contribution in [0.1, 0.15) is 5.69 Å². The van der Waals surface area contributed by atoms with Crippen molar-refractivity contribution in [3.05, 3.63) is 51.1 Å². The van der Waals surface area contributed by atoms with E-state index in [1.807, 2.05) is 28.6 Å². The van der Waals surface area contributed by atoms with Gasteiger partial charge in [0, 0.05) is 44.6 Å². The molecule has 4 rings (SSSR count). The van der Waals surface area contributed by atoms with Gasteiger partial charge in [-0.2, -0.15) is 5.10 Å². The van der Waals surface area contributed by atoms with Gasteiger partial charge < -0.3 is 9.80 Å². The third-order valence-electron chi connectivity index (χ3n) is 4.16. The van der Waals surface area contributed by atoms with E-state index in [1.54, 1.807) is 6.20 Å². The summed E-state index contributed by atoms with van der Waals surface area (Å²) in [7, 11) is 0. The van der Waals surface area contributed by atoms with Crippen molar-refractivity contribution in [1.29, 1.82) is 0 Å². The van der Waals surface area contributed by atoms with E-state index in [0.717, 1.165) is 30.1 Å². The summed E-state index contributed by atoms with van der Waals surface area (Å²) in [5.74, 6) is 1.45. The average molecular weight is 327 g/mol. The molecule has 0 aromatic carbocycles. The summed E-state index contributed by atoms with van der Waals surface area (Å²) >= 11 is 0. The topological polar surface area (TPSA) is 102 Å². The fourth-order valence-electron chi connectivity index (χ4n) is 3.06. The lowest BCUT2D eigenvalue weighted by Gasteiger charge is -2.36. The zero-order valence-corrected chi connectivity index (χ0v) is 13.2. The summed E-state index contributed by atoms with van der Waals surface area (Å²) < 4.78 is 1.83. The number of fused-ring (bicyclic) bond motifs is 1. The number of aromatic amines is 2. The first kappa shape index (κ1) is 14.5. The average Bonchev–Trinajstić information content (AvgIpc) is 2.94. The molecule has 9 nitrogen and oxygen atoms in total. The van der Waals surface area contributed by atoms with Crippen molar-refractivity contribution < 1.29 is 0 Å². The van der Waals surface area contributed by atoms with Crippen molar-refractivity contribution in [2.45, 2.75) is 6.92 Å². The predicted octanol–water partition coefficient (Wildman–Crippen LogP) is -0.259. The fourth-order valence-corrected chi connectivity index (χ4v) is 3.06. The van der Waals surface area contributed by atoms with E-state index in [4.69, 9.17) is 0 Å². The Hall–Kier alpha value is -3.10. The third-order valence-corrected chi connectivity index (χ3v) is 4.16. The van der Waals surface area contributed by atoms with Crippen LogP contribution in [0.5, 0.6) is 0 Å². The molecular weight excluding hydrogens is 310 g/mol. The molecule has 0 saturated carbocycles. The molecule has 1 aliphatic heterocycles. The highest BCUT2D eigenvalue weighted by Crippen LogP contribution is 2.21. The monoisotopic (exact) mass is 327 g/mol. The highest BCUT2D eigenvalue weighted by molar-refractivity contribution is 5.69. The lowest BCUT2D eigenvalue weighted by Crippen LogP contribution is -2.48. The van der Waals surface area contributed by atoms with Crippen LogP contribution in [0.3, 0.4) is 0 Å². The van der Waals surface area contributed by atoms with Crippen molar-refractivity contribution in [3.63, 3.8) is 0 Å². The molecule has 24 heavy (non-hydrogen) atoms. The quantitative estimate of drug-likeness (QED) is 0.672. The SMILES string of the molecule is Cc1cc2c(N3CCN(c4cc(=O)[nH]c(=O)[nH]4)CC3)nccn2n1. The number of hydrogen-bond donors (Lipinski definition) is 2. The number of rotatable bonds is 2. The maximum absolute atomic E-state index is 11.5. The molecule has 1 aliphatic rings. The zero-order chi connectivity index (χ0) is 16.7. The van der Waals surface area contributed by atoms with Gasteiger partial charge in [0.25, 0.3) is 5.56 Å². The molecule has 3 aromatic heterocycles. The Balaban J connectivity index is 1.57. The van der Waals surface area contributed by atoms with Crippen LogP contribution in [0.25, 0.3) is 5.52 Å². The molecule has 9 heteroatoms. The second kappa shape index (κ2) is 5.52. The summed E-state index contributed by atoms with van der Waals surface area (Å²) in [6.07, 6.45) is 3.58. The Kier molecular flexibility index (Phi) is 3.33. The van der Waals surface area contributed by atoms with Gasteiger partial charge in [-0.1, -0.05) is 0 Å². The maximum atomic E-state index is 11.5. The molecule has 1 saturated heterocycles. The van der Waals surface area contributed by atoms with Gasteiger partial charge in [-0.25, -0.2) is 14.3 Å². The van der Waals surface area contributed by atoms with Gasteiger partial charge in [0.05, 0.1) is 5.69 Å². The molecule has 0 spiro atoms. The first-order chi connectivity index (χ1) is 11.6. The molecule has 0 aliphatic carbocycles. The number of anilines is 2. The van der Waals surface area contributed by atoms with Gasteiger partial charge in [0.1, 0.15) is 11.3 Å². The van der Waals surface area contributed by atoms with Crippen LogP contribution in [-0.4, -0.2) is 50.7 Å². The normalized spacial score (nSPS) is 15.2. The summed E-state index contributed by atoms with van der Waals surface area (Å²) in [5, 5.41) is 4.41. The lowest BCUT2D eigenvalue weighted by atomic mass is 10.3. The van der Waals surface area contributed by atoms with Crippen LogP contribution in [0.15, 0.2) is 34.1 Å². The van der Waals surface area contributed by atoms with Crippen LogP contribution < -0.4 is 21.0 Å². The van der Waals surface area contributed by atoms with Crippen LogP contribution in [-0.2, 0) is 0 Å². The Labute approximate surface area is 136 Å². The van der Waals surface area contributed by atoms with E-state index in [9.17, 15) is 9.59 Å². The molecule has 4 heterocycles. The fraction of sp³-hybridized carbons (Fsp3) is 0.333. The lowest BCUT2D eigenvalue weighted by molar-refractivity contribution is 0.639. The number of hydrogen-bond acceptors (Lipinski definition) is 6. The second-order valence-corrected chi connectivity index (χ2v) is 5.81. The largest absolute Gasteiger partial charge is 0.354 e. The molecule has 0 atom stereocenters. The van der Waals surface area contributed by atoms with E-state index < -0.39 is 11.2 Å². The van der Waals surface area contributed by atoms with Gasteiger partial charge in [0.2, 0.25) is 0 Å². The number of aromatic nitrogens is 5. The van der Waals surface area contributed by atoms with Crippen molar-refractivity contribution >= 4 is 17.2 Å². The van der Waals surface area contributed by atoms with Gasteiger partial charge in [-0.05, 0) is 13.0 Å². The van der Waals surface area contributed by atoms with E-state index in [1.165, 1.54) is 6.07 Å². The molecule has 0 unspecified atom stereocenters. The molecular formula is C15H17N7O2. The standard InChI is InChI=1S/C15H17N7O2/c1-10-8-11-14(16-2-3-22(11)19-10)21-6-4-20(5-7-21)12-9-13(23)18-15(24)17-12/h2-3,8-9H,4-7H2,1H3,(H2,17,18,23,24). The Morgan fingerprint density at radius 2 is 1.79 bits per heavy atom. The highest BCUT2D eigenvalue weighted by Gasteiger charge is 2.21. The number of aryl methyl sites for hydroxylation is 1. The summed E-state index contributed by atoms with van der Waals surface area (Å²) in [4.78, 5) is 36.4. The molecule has 0 amide bonds. The van der Waals surface area contributed by atoms with Gasteiger partial charge in [0.15, 0.2) is 5.82 Å². The Morgan fingerprint density at radius 1 is 1.04 bits per heavy atom. The molecule has 3 aromatic rings. The smallest absolute Gasteiger partial charge is 0.327 e. The molecule has 124 valence electrons. The number of H-pyrrole nitrogens is 2. The van der Waals surface area contributed by atoms with Crippen LogP contribution in [0.4, 0.5) is 11.6 Å².